The number of carbonyl (C=O) groups excluding carboxylic acids is 1. The molecule has 0 bridgehead atoms. The third-order valence-corrected chi connectivity index (χ3v) is 3.70. The van der Waals surface area contributed by atoms with Crippen molar-refractivity contribution in [3.05, 3.63) is 44.7 Å². The average Bonchev–Trinajstić information content (AvgIpc) is 2.38. The minimum Gasteiger partial charge on any atom is -0.398 e. The van der Waals surface area contributed by atoms with Gasteiger partial charge >= 0.3 is 0 Å². The number of nitrogen functional groups attached to an aromatic ring is 1. The number of hydrogen-bond acceptors (Lipinski definition) is 4. The van der Waals surface area contributed by atoms with Gasteiger partial charge in [-0.25, -0.2) is 9.97 Å². The lowest BCUT2D eigenvalue weighted by atomic mass is 10.2. The Balaban J connectivity index is 2.26. The zero-order valence-corrected chi connectivity index (χ0v) is 12.4. The van der Waals surface area contributed by atoms with Crippen molar-refractivity contribution >= 4 is 56.5 Å². The summed E-state index contributed by atoms with van der Waals surface area (Å²) in [5, 5.41) is 2.69. The van der Waals surface area contributed by atoms with Crippen LogP contribution in [0.2, 0.25) is 10.2 Å². The van der Waals surface area contributed by atoms with Crippen LogP contribution in [0.15, 0.2) is 29.0 Å². The van der Waals surface area contributed by atoms with Crippen LogP contribution in [-0.2, 0) is 0 Å². The van der Waals surface area contributed by atoms with Gasteiger partial charge in [0.05, 0.1) is 0 Å². The highest BCUT2D eigenvalue weighted by Gasteiger charge is 2.13. The smallest absolute Gasteiger partial charge is 0.256 e. The minimum atomic E-state index is -0.393. The topological polar surface area (TPSA) is 80.9 Å². The molecule has 1 aromatic heterocycles. The summed E-state index contributed by atoms with van der Waals surface area (Å²) >= 11 is 14.9. The monoisotopic (exact) mass is 360 g/mol. The van der Waals surface area contributed by atoms with Crippen molar-refractivity contribution in [2.75, 3.05) is 11.1 Å². The van der Waals surface area contributed by atoms with E-state index in [0.717, 1.165) is 0 Å². The highest BCUT2D eigenvalue weighted by molar-refractivity contribution is 9.10. The average molecular weight is 362 g/mol. The predicted octanol–water partition coefficient (Wildman–Crippen LogP) is 3.38. The first-order valence-corrected chi connectivity index (χ1v) is 6.56. The van der Waals surface area contributed by atoms with E-state index in [4.69, 9.17) is 28.9 Å². The quantitative estimate of drug-likeness (QED) is 0.634. The van der Waals surface area contributed by atoms with Crippen LogP contribution in [0, 0.1) is 0 Å². The Bertz CT molecular complexity index is 651. The second-order valence-corrected chi connectivity index (χ2v) is 5.11. The number of amides is 1. The Labute approximate surface area is 127 Å². The summed E-state index contributed by atoms with van der Waals surface area (Å²) in [4.78, 5) is 19.5. The number of nitrogens with one attached hydrogen (secondary N) is 1. The highest BCUT2D eigenvalue weighted by Crippen LogP contribution is 2.26. The number of aromatic nitrogens is 2. The van der Waals surface area contributed by atoms with Gasteiger partial charge in [0.1, 0.15) is 11.3 Å². The van der Waals surface area contributed by atoms with E-state index in [1.54, 1.807) is 12.1 Å². The van der Waals surface area contributed by atoms with Crippen molar-refractivity contribution in [3.8, 4) is 0 Å². The van der Waals surface area contributed by atoms with Crippen LogP contribution in [0.4, 0.5) is 11.5 Å². The van der Waals surface area contributed by atoms with E-state index < -0.39 is 5.91 Å². The molecule has 2 rings (SSSR count). The Kier molecular flexibility index (Phi) is 4.24. The van der Waals surface area contributed by atoms with Crippen LogP contribution in [0.1, 0.15) is 10.4 Å². The zero-order chi connectivity index (χ0) is 14.0. The molecule has 0 unspecified atom stereocenters. The fraction of sp³-hybridized carbons (Fsp3) is 0. The van der Waals surface area contributed by atoms with Gasteiger partial charge in [-0.1, -0.05) is 23.2 Å². The van der Waals surface area contributed by atoms with Crippen LogP contribution < -0.4 is 11.1 Å². The fourth-order valence-electron chi connectivity index (χ4n) is 1.30. The largest absolute Gasteiger partial charge is 0.398 e. The molecule has 0 spiro atoms. The Morgan fingerprint density at radius 2 is 2.05 bits per heavy atom. The van der Waals surface area contributed by atoms with Crippen molar-refractivity contribution < 1.29 is 4.79 Å². The van der Waals surface area contributed by atoms with Crippen LogP contribution in [0.3, 0.4) is 0 Å². The number of carbonyl (C=O) groups is 1. The van der Waals surface area contributed by atoms with E-state index in [-0.39, 0.29) is 16.0 Å². The molecule has 0 saturated heterocycles. The molecule has 0 aliphatic carbocycles. The first-order valence-electron chi connectivity index (χ1n) is 5.01. The maximum absolute atomic E-state index is 12.0. The maximum Gasteiger partial charge on any atom is 0.256 e. The molecule has 0 fully saturated rings. The third-order valence-electron chi connectivity index (χ3n) is 2.24. The Morgan fingerprint density at radius 1 is 1.32 bits per heavy atom. The number of halogens is 3. The summed E-state index contributed by atoms with van der Waals surface area (Å²) in [6.45, 7) is 0. The van der Waals surface area contributed by atoms with E-state index in [1.807, 2.05) is 0 Å². The van der Waals surface area contributed by atoms with Crippen molar-refractivity contribution in [1.82, 2.24) is 9.97 Å². The molecular formula is C11H7BrCl2N4O. The molecule has 5 nitrogen and oxygen atoms in total. The molecule has 3 N–H and O–H groups in total. The lowest BCUT2D eigenvalue weighted by Gasteiger charge is -2.07. The Morgan fingerprint density at radius 3 is 2.74 bits per heavy atom. The van der Waals surface area contributed by atoms with Crippen molar-refractivity contribution in [1.29, 1.82) is 0 Å². The Hall–Kier alpha value is -1.37. The molecule has 0 atom stereocenters. The second kappa shape index (κ2) is 5.73. The summed E-state index contributed by atoms with van der Waals surface area (Å²) < 4.78 is 0.715. The molecule has 1 heterocycles. The standard InChI is InChI=1S/C11H7BrCl2N4O/c12-6-2-1-5(3-7(6)15)11(19)18-10-8(13)9(14)16-4-17-10/h1-4H,15H2,(H,16,17,18,19). The van der Waals surface area contributed by atoms with Crippen LogP contribution >= 0.6 is 39.1 Å². The highest BCUT2D eigenvalue weighted by atomic mass is 79.9. The SMILES string of the molecule is Nc1cc(C(=O)Nc2ncnc(Cl)c2Cl)ccc1Br. The summed E-state index contributed by atoms with van der Waals surface area (Å²) in [6, 6.07) is 4.83. The first-order chi connectivity index (χ1) is 8.99. The number of benzene rings is 1. The summed E-state index contributed by atoms with van der Waals surface area (Å²) in [7, 11) is 0. The minimum absolute atomic E-state index is 0.0716. The first kappa shape index (κ1) is 14.0. The predicted molar refractivity (Wildman–Crippen MR) is 78.6 cm³/mol. The van der Waals surface area contributed by atoms with E-state index in [1.165, 1.54) is 12.4 Å². The summed E-state index contributed by atoms with van der Waals surface area (Å²) in [5.74, 6) is -0.246. The number of nitrogens with two attached hydrogens (primary N) is 1. The molecule has 1 amide bonds. The van der Waals surface area contributed by atoms with Crippen molar-refractivity contribution in [2.24, 2.45) is 0 Å². The molecule has 0 aliphatic rings. The molecule has 0 radical (unpaired) electrons. The number of anilines is 2. The van der Waals surface area contributed by atoms with Gasteiger partial charge in [0.2, 0.25) is 0 Å². The third kappa shape index (κ3) is 3.15. The van der Waals surface area contributed by atoms with Gasteiger partial charge in [-0.05, 0) is 34.1 Å². The van der Waals surface area contributed by atoms with Gasteiger partial charge in [-0.3, -0.25) is 4.79 Å². The summed E-state index contributed by atoms with van der Waals surface area (Å²) in [5.41, 5.74) is 6.55. The van der Waals surface area contributed by atoms with Gasteiger partial charge in [0.25, 0.3) is 5.91 Å². The molecule has 0 aliphatic heterocycles. The van der Waals surface area contributed by atoms with E-state index in [0.29, 0.717) is 15.7 Å². The molecule has 19 heavy (non-hydrogen) atoms. The van der Waals surface area contributed by atoms with Gasteiger partial charge in [0.15, 0.2) is 11.0 Å². The molecule has 0 saturated carbocycles. The van der Waals surface area contributed by atoms with Gasteiger partial charge in [-0.15, -0.1) is 0 Å². The van der Waals surface area contributed by atoms with Crippen LogP contribution in [0.25, 0.3) is 0 Å². The van der Waals surface area contributed by atoms with E-state index >= 15 is 0 Å². The fourth-order valence-corrected chi connectivity index (χ4v) is 1.82. The van der Waals surface area contributed by atoms with E-state index in [2.05, 4.69) is 31.2 Å². The maximum atomic E-state index is 12.0. The molecular weight excluding hydrogens is 355 g/mol. The van der Waals surface area contributed by atoms with Crippen LogP contribution in [-0.4, -0.2) is 15.9 Å². The number of rotatable bonds is 2. The van der Waals surface area contributed by atoms with Gasteiger partial charge < -0.3 is 11.1 Å². The molecule has 8 heteroatoms. The zero-order valence-electron chi connectivity index (χ0n) is 9.32. The summed E-state index contributed by atoms with van der Waals surface area (Å²) in [6.07, 6.45) is 1.21. The number of nitrogens with zero attached hydrogens (tertiary/aromatic N) is 2. The van der Waals surface area contributed by atoms with Gasteiger partial charge in [0, 0.05) is 15.7 Å². The van der Waals surface area contributed by atoms with Crippen molar-refractivity contribution in [2.45, 2.75) is 0 Å². The second-order valence-electron chi connectivity index (χ2n) is 3.52. The normalized spacial score (nSPS) is 10.3. The lowest BCUT2D eigenvalue weighted by Crippen LogP contribution is -2.14. The van der Waals surface area contributed by atoms with E-state index in [9.17, 15) is 4.79 Å². The van der Waals surface area contributed by atoms with Gasteiger partial charge in [-0.2, -0.15) is 0 Å². The molecule has 98 valence electrons. The molecule has 2 aromatic rings. The van der Waals surface area contributed by atoms with Crippen LogP contribution in [0.5, 0.6) is 0 Å². The lowest BCUT2D eigenvalue weighted by molar-refractivity contribution is 0.102. The van der Waals surface area contributed by atoms with Crippen molar-refractivity contribution in [3.63, 3.8) is 0 Å². The molecule has 1 aromatic carbocycles. The number of hydrogen-bond donors (Lipinski definition) is 2.